The van der Waals surface area contributed by atoms with Gasteiger partial charge in [0.25, 0.3) is 0 Å². The van der Waals surface area contributed by atoms with Crippen LogP contribution in [0.15, 0.2) is 66.7 Å². The van der Waals surface area contributed by atoms with Gasteiger partial charge < -0.3 is 0 Å². The van der Waals surface area contributed by atoms with E-state index in [0.717, 1.165) is 55.6 Å². The molecule has 3 aromatic rings. The molecule has 37 heavy (non-hydrogen) atoms. The van der Waals surface area contributed by atoms with Gasteiger partial charge in [0.2, 0.25) is 0 Å². The monoisotopic (exact) mass is 504 g/mol. The highest BCUT2D eigenvalue weighted by molar-refractivity contribution is 5.71. The van der Waals surface area contributed by atoms with Crippen molar-refractivity contribution in [1.29, 1.82) is 0 Å². The number of halogens is 3. The molecule has 0 saturated heterocycles. The minimum atomic E-state index is -0.811. The minimum absolute atomic E-state index is 0.228. The second kappa shape index (κ2) is 13.1. The van der Waals surface area contributed by atoms with Crippen LogP contribution >= 0.6 is 0 Å². The highest BCUT2D eigenvalue weighted by atomic mass is 19.2. The summed E-state index contributed by atoms with van der Waals surface area (Å²) in [5, 5.41) is 0. The summed E-state index contributed by atoms with van der Waals surface area (Å²) in [6.07, 6.45) is 14.9. The van der Waals surface area contributed by atoms with Crippen LogP contribution in [0.5, 0.6) is 0 Å². The molecule has 3 aromatic carbocycles. The molecule has 0 N–H and O–H groups in total. The van der Waals surface area contributed by atoms with Crippen LogP contribution in [0.25, 0.3) is 22.3 Å². The third kappa shape index (κ3) is 6.74. The van der Waals surface area contributed by atoms with Crippen molar-refractivity contribution in [3.63, 3.8) is 0 Å². The van der Waals surface area contributed by atoms with E-state index < -0.39 is 11.6 Å². The first kappa shape index (κ1) is 27.2. The van der Waals surface area contributed by atoms with E-state index in [4.69, 9.17) is 0 Å². The fourth-order valence-electron chi connectivity index (χ4n) is 5.70. The molecule has 4 rings (SSSR count). The van der Waals surface area contributed by atoms with E-state index in [1.807, 2.05) is 6.07 Å². The predicted molar refractivity (Wildman–Crippen MR) is 149 cm³/mol. The molecule has 1 aliphatic rings. The molecule has 0 amide bonds. The minimum Gasteiger partial charge on any atom is -0.206 e. The maximum atomic E-state index is 15.2. The van der Waals surface area contributed by atoms with Crippen molar-refractivity contribution in [1.82, 2.24) is 0 Å². The van der Waals surface area contributed by atoms with Crippen LogP contribution in [0.4, 0.5) is 13.2 Å². The maximum absolute atomic E-state index is 15.2. The van der Waals surface area contributed by atoms with Crippen LogP contribution < -0.4 is 0 Å². The van der Waals surface area contributed by atoms with Gasteiger partial charge in [0.05, 0.1) is 0 Å². The average Bonchev–Trinajstić information content (AvgIpc) is 2.92. The molecule has 3 heteroatoms. The van der Waals surface area contributed by atoms with Crippen molar-refractivity contribution in [2.45, 2.75) is 84.0 Å². The lowest BCUT2D eigenvalue weighted by atomic mass is 9.77. The number of unbranched alkanes of at least 4 members (excludes halogenated alkanes) is 2. The van der Waals surface area contributed by atoms with E-state index >= 15 is 4.39 Å². The summed E-state index contributed by atoms with van der Waals surface area (Å²) in [5.41, 5.74) is 3.60. The lowest BCUT2D eigenvalue weighted by molar-refractivity contribution is 0.311. The van der Waals surface area contributed by atoms with Crippen LogP contribution in [-0.4, -0.2) is 0 Å². The quantitative estimate of drug-likeness (QED) is 0.190. The zero-order valence-electron chi connectivity index (χ0n) is 22.2. The van der Waals surface area contributed by atoms with Crippen molar-refractivity contribution in [3.8, 4) is 22.3 Å². The van der Waals surface area contributed by atoms with Crippen LogP contribution in [0.3, 0.4) is 0 Å². The summed E-state index contributed by atoms with van der Waals surface area (Å²) in [7, 11) is 0. The van der Waals surface area contributed by atoms with Crippen molar-refractivity contribution in [2.24, 2.45) is 5.92 Å². The summed E-state index contributed by atoms with van der Waals surface area (Å²) in [6, 6.07) is 16.0. The molecule has 0 radical (unpaired) electrons. The van der Waals surface area contributed by atoms with E-state index in [0.29, 0.717) is 29.0 Å². The van der Waals surface area contributed by atoms with Gasteiger partial charge >= 0.3 is 0 Å². The smallest absolute Gasteiger partial charge is 0.166 e. The summed E-state index contributed by atoms with van der Waals surface area (Å²) < 4.78 is 44.6. The molecule has 196 valence electrons. The molecule has 0 aromatic heterocycles. The van der Waals surface area contributed by atoms with E-state index in [1.54, 1.807) is 42.5 Å². The molecule has 0 bridgehead atoms. The predicted octanol–water partition coefficient (Wildman–Crippen LogP) is 10.8. The molecule has 0 nitrogen and oxygen atoms in total. The van der Waals surface area contributed by atoms with Gasteiger partial charge in [0.1, 0.15) is 5.82 Å². The van der Waals surface area contributed by atoms with Gasteiger partial charge in [-0.15, -0.1) is 0 Å². The number of hydrogen-bond donors (Lipinski definition) is 0. The zero-order valence-corrected chi connectivity index (χ0v) is 22.2. The van der Waals surface area contributed by atoms with Gasteiger partial charge in [0.15, 0.2) is 11.6 Å². The Hall–Kier alpha value is -2.81. The fourth-order valence-corrected chi connectivity index (χ4v) is 5.70. The molecule has 0 heterocycles. The molecule has 0 atom stereocenters. The van der Waals surface area contributed by atoms with Crippen LogP contribution in [0.1, 0.15) is 88.7 Å². The first-order chi connectivity index (χ1) is 18.0. The summed E-state index contributed by atoms with van der Waals surface area (Å²) in [5.74, 6) is -0.591. The van der Waals surface area contributed by atoms with E-state index in [9.17, 15) is 8.78 Å². The second-order valence-electron chi connectivity index (χ2n) is 10.5. The Morgan fingerprint density at radius 1 is 0.784 bits per heavy atom. The Morgan fingerprint density at radius 3 is 2.11 bits per heavy atom. The van der Waals surface area contributed by atoms with Gasteiger partial charge in [-0.05, 0) is 98.4 Å². The molecular formula is C34H39F3. The number of benzene rings is 3. The summed E-state index contributed by atoms with van der Waals surface area (Å²) in [6.45, 7) is 4.15. The Kier molecular flexibility index (Phi) is 9.66. The van der Waals surface area contributed by atoms with Gasteiger partial charge in [-0.1, -0.05) is 80.4 Å². The van der Waals surface area contributed by atoms with E-state index in [2.05, 4.69) is 32.1 Å². The summed E-state index contributed by atoms with van der Waals surface area (Å²) >= 11 is 0. The lowest BCUT2D eigenvalue weighted by Gasteiger charge is -2.28. The molecule has 1 saturated carbocycles. The third-order valence-electron chi connectivity index (χ3n) is 8.01. The van der Waals surface area contributed by atoms with Crippen molar-refractivity contribution in [3.05, 3.63) is 95.3 Å². The van der Waals surface area contributed by atoms with Gasteiger partial charge in [-0.25, -0.2) is 13.2 Å². The van der Waals surface area contributed by atoms with Crippen molar-refractivity contribution >= 4 is 0 Å². The standard InChI is InChI=1S/C34H39F3/c1-3-5-7-9-24-11-13-25(14-12-24)29-20-21-30(32(35)23-29)26-15-17-27(18-16-26)31-22-19-28(10-8-6-4-2)33(36)34(31)37/h3,5,15-25H,4,6-14H2,1-2H3. The largest absolute Gasteiger partial charge is 0.206 e. The second-order valence-corrected chi connectivity index (χ2v) is 10.5. The van der Waals surface area contributed by atoms with Gasteiger partial charge in [-0.3, -0.25) is 0 Å². The molecule has 0 unspecified atom stereocenters. The van der Waals surface area contributed by atoms with Crippen LogP contribution in [0.2, 0.25) is 0 Å². The van der Waals surface area contributed by atoms with Gasteiger partial charge in [0, 0.05) is 11.1 Å². The molecule has 1 aliphatic carbocycles. The Morgan fingerprint density at radius 2 is 1.46 bits per heavy atom. The first-order valence-electron chi connectivity index (χ1n) is 14.0. The number of aryl methyl sites for hydroxylation is 1. The maximum Gasteiger partial charge on any atom is 0.166 e. The Bertz CT molecular complexity index is 1180. The van der Waals surface area contributed by atoms with Crippen LogP contribution in [-0.2, 0) is 6.42 Å². The molecular weight excluding hydrogens is 465 g/mol. The van der Waals surface area contributed by atoms with E-state index in [1.165, 1.54) is 19.3 Å². The SMILES string of the molecule is CC=CCCC1CCC(c2ccc(-c3ccc(-c4ccc(CCCCC)c(F)c4F)cc3)c(F)c2)CC1. The first-order valence-corrected chi connectivity index (χ1v) is 14.0. The molecule has 1 fully saturated rings. The highest BCUT2D eigenvalue weighted by Gasteiger charge is 2.23. The fraction of sp³-hybridized carbons (Fsp3) is 0.412. The van der Waals surface area contributed by atoms with Gasteiger partial charge in [-0.2, -0.15) is 0 Å². The Labute approximate surface area is 220 Å². The number of hydrogen-bond acceptors (Lipinski definition) is 0. The van der Waals surface area contributed by atoms with E-state index in [-0.39, 0.29) is 11.4 Å². The lowest BCUT2D eigenvalue weighted by Crippen LogP contribution is -2.13. The highest BCUT2D eigenvalue weighted by Crippen LogP contribution is 2.39. The number of rotatable bonds is 10. The van der Waals surface area contributed by atoms with Crippen molar-refractivity contribution < 1.29 is 13.2 Å². The number of allylic oxidation sites excluding steroid dienone is 2. The molecule has 0 spiro atoms. The Balaban J connectivity index is 1.43. The topological polar surface area (TPSA) is 0 Å². The van der Waals surface area contributed by atoms with Crippen LogP contribution in [0, 0.1) is 23.4 Å². The average molecular weight is 505 g/mol. The summed E-state index contributed by atoms with van der Waals surface area (Å²) in [4.78, 5) is 0. The zero-order chi connectivity index (χ0) is 26.2. The molecule has 0 aliphatic heterocycles. The third-order valence-corrected chi connectivity index (χ3v) is 8.01. The normalized spacial score (nSPS) is 18.0. The van der Waals surface area contributed by atoms with Crippen molar-refractivity contribution in [2.75, 3.05) is 0 Å².